The van der Waals surface area contributed by atoms with Crippen molar-refractivity contribution in [2.45, 2.75) is 26.3 Å². The number of nitrogens with zero attached hydrogens (tertiary/aromatic N) is 3. The molecule has 0 radical (unpaired) electrons. The van der Waals surface area contributed by atoms with Crippen LogP contribution in [0.3, 0.4) is 0 Å². The van der Waals surface area contributed by atoms with Crippen molar-refractivity contribution in [3.63, 3.8) is 0 Å². The summed E-state index contributed by atoms with van der Waals surface area (Å²) in [6.07, 6.45) is 4.16. The Labute approximate surface area is 145 Å². The number of piperidine rings is 1. The maximum absolute atomic E-state index is 9.69. The summed E-state index contributed by atoms with van der Waals surface area (Å²) in [5.74, 6) is 1.02. The van der Waals surface area contributed by atoms with Crippen LogP contribution in [-0.4, -0.2) is 72.4 Å². The average Bonchev–Trinajstić information content (AvgIpc) is 2.63. The molecule has 2 saturated heterocycles. The van der Waals surface area contributed by atoms with Gasteiger partial charge in [0.1, 0.15) is 0 Å². The normalized spacial score (nSPS) is 26.6. The third-order valence-corrected chi connectivity index (χ3v) is 5.26. The molecule has 0 saturated carbocycles. The second-order valence-corrected chi connectivity index (χ2v) is 7.27. The quantitative estimate of drug-likeness (QED) is 0.853. The molecule has 2 atom stereocenters. The smallest absolute Gasteiger partial charge is 0.0594 e. The van der Waals surface area contributed by atoms with Gasteiger partial charge in [-0.15, -0.1) is 0 Å². The number of aryl methyl sites for hydroxylation is 1. The second kappa shape index (κ2) is 8.90. The Hall–Kier alpha value is -1.01. The molecule has 0 bridgehead atoms. The molecular weight excluding hydrogens is 302 g/mol. The minimum atomic E-state index is 0.290. The number of hydrogen-bond acceptors (Lipinski definition) is 5. The fourth-order valence-corrected chi connectivity index (χ4v) is 3.95. The Kier molecular flexibility index (Phi) is 6.60. The molecule has 1 N–H and O–H groups in total. The van der Waals surface area contributed by atoms with Gasteiger partial charge in [-0.25, -0.2) is 0 Å². The summed E-state index contributed by atoms with van der Waals surface area (Å²) in [4.78, 5) is 9.59. The summed E-state index contributed by atoms with van der Waals surface area (Å²) in [5.41, 5.74) is 2.42. The highest BCUT2D eigenvalue weighted by molar-refractivity contribution is 5.14. The number of aromatic nitrogens is 1. The van der Waals surface area contributed by atoms with Crippen LogP contribution in [-0.2, 0) is 17.7 Å². The van der Waals surface area contributed by atoms with Gasteiger partial charge in [0.15, 0.2) is 0 Å². The number of pyridine rings is 1. The minimum Gasteiger partial charge on any atom is -0.396 e. The van der Waals surface area contributed by atoms with E-state index in [1.165, 1.54) is 5.56 Å². The van der Waals surface area contributed by atoms with Gasteiger partial charge in [0.25, 0.3) is 0 Å². The third kappa shape index (κ3) is 4.99. The lowest BCUT2D eigenvalue weighted by atomic mass is 9.89. The summed E-state index contributed by atoms with van der Waals surface area (Å²) in [5, 5.41) is 9.69. The van der Waals surface area contributed by atoms with Crippen LogP contribution in [0.5, 0.6) is 0 Å². The largest absolute Gasteiger partial charge is 0.396 e. The first-order chi connectivity index (χ1) is 11.8. The summed E-state index contributed by atoms with van der Waals surface area (Å²) >= 11 is 0. The molecule has 1 aromatic rings. The van der Waals surface area contributed by atoms with Gasteiger partial charge in [-0.05, 0) is 36.3 Å². The Balaban J connectivity index is 1.57. The molecule has 0 aromatic carbocycles. The van der Waals surface area contributed by atoms with Crippen molar-refractivity contribution >= 4 is 0 Å². The van der Waals surface area contributed by atoms with E-state index < -0.39 is 0 Å². The van der Waals surface area contributed by atoms with E-state index in [1.807, 2.05) is 6.20 Å². The summed E-state index contributed by atoms with van der Waals surface area (Å²) < 4.78 is 5.45. The molecule has 3 rings (SSSR count). The van der Waals surface area contributed by atoms with Crippen LogP contribution in [0, 0.1) is 11.8 Å². The zero-order valence-corrected chi connectivity index (χ0v) is 14.9. The summed E-state index contributed by atoms with van der Waals surface area (Å²) in [7, 11) is 0. The van der Waals surface area contributed by atoms with E-state index >= 15 is 0 Å². The third-order valence-electron chi connectivity index (χ3n) is 5.26. The molecule has 2 aliphatic heterocycles. The lowest BCUT2D eigenvalue weighted by Crippen LogP contribution is -2.47. The van der Waals surface area contributed by atoms with Crippen molar-refractivity contribution in [1.29, 1.82) is 0 Å². The highest BCUT2D eigenvalue weighted by Crippen LogP contribution is 2.24. The van der Waals surface area contributed by atoms with Crippen LogP contribution in [0.4, 0.5) is 0 Å². The number of rotatable bonds is 6. The van der Waals surface area contributed by atoms with Crippen LogP contribution in [0.15, 0.2) is 18.3 Å². The molecule has 3 heterocycles. The first-order valence-electron chi connectivity index (χ1n) is 9.34. The Bertz CT molecular complexity index is 488. The first kappa shape index (κ1) is 17.8. The van der Waals surface area contributed by atoms with Crippen molar-refractivity contribution in [2.24, 2.45) is 11.8 Å². The van der Waals surface area contributed by atoms with Crippen LogP contribution in [0.2, 0.25) is 0 Å². The molecule has 0 unspecified atom stereocenters. The number of hydrogen-bond donors (Lipinski definition) is 1. The topological polar surface area (TPSA) is 48.8 Å². The first-order valence-corrected chi connectivity index (χ1v) is 9.34. The minimum absolute atomic E-state index is 0.290. The van der Waals surface area contributed by atoms with Crippen molar-refractivity contribution in [3.8, 4) is 0 Å². The predicted octanol–water partition coefficient (Wildman–Crippen LogP) is 1.41. The van der Waals surface area contributed by atoms with Crippen molar-refractivity contribution < 1.29 is 9.84 Å². The van der Waals surface area contributed by atoms with E-state index in [0.717, 1.165) is 71.0 Å². The number of ether oxygens (including phenoxy) is 1. The lowest BCUT2D eigenvalue weighted by Gasteiger charge is -2.39. The fraction of sp³-hybridized carbons (Fsp3) is 0.737. The van der Waals surface area contributed by atoms with E-state index in [-0.39, 0.29) is 6.61 Å². The van der Waals surface area contributed by atoms with Crippen molar-refractivity contribution in [2.75, 3.05) is 52.5 Å². The SMILES string of the molecule is CCc1ccc(CN2C[C@H](CO)C[C@H](CN3CCOCC3)C2)nc1. The molecule has 134 valence electrons. The van der Waals surface area contributed by atoms with Crippen LogP contribution in [0.1, 0.15) is 24.6 Å². The lowest BCUT2D eigenvalue weighted by molar-refractivity contribution is 0.0116. The summed E-state index contributed by atoms with van der Waals surface area (Å²) in [6.45, 7) is 10.3. The number of aliphatic hydroxyl groups excluding tert-OH is 1. The standard InChI is InChI=1S/C19H31N3O2/c1-2-16-3-4-19(20-10-16)14-22-12-17(9-18(13-22)15-23)11-21-5-7-24-8-6-21/h3-4,10,17-18,23H,2,5-9,11-15H2,1H3/t17-,18-/m1/s1. The highest BCUT2D eigenvalue weighted by Gasteiger charge is 2.28. The molecule has 5 nitrogen and oxygen atoms in total. The number of aliphatic hydroxyl groups is 1. The van der Waals surface area contributed by atoms with Crippen molar-refractivity contribution in [3.05, 3.63) is 29.6 Å². The highest BCUT2D eigenvalue weighted by atomic mass is 16.5. The average molecular weight is 333 g/mol. The molecule has 0 spiro atoms. The monoisotopic (exact) mass is 333 g/mol. The van der Waals surface area contributed by atoms with Gasteiger partial charge in [-0.1, -0.05) is 13.0 Å². The fourth-order valence-electron chi connectivity index (χ4n) is 3.95. The molecule has 0 amide bonds. The van der Waals surface area contributed by atoms with Gasteiger partial charge >= 0.3 is 0 Å². The van der Waals surface area contributed by atoms with Crippen LogP contribution >= 0.6 is 0 Å². The van der Waals surface area contributed by atoms with Gasteiger partial charge in [0, 0.05) is 52.1 Å². The predicted molar refractivity (Wildman–Crippen MR) is 94.8 cm³/mol. The molecular formula is C19H31N3O2. The van der Waals surface area contributed by atoms with Crippen LogP contribution < -0.4 is 0 Å². The van der Waals surface area contributed by atoms with Crippen LogP contribution in [0.25, 0.3) is 0 Å². The molecule has 1 aromatic heterocycles. The second-order valence-electron chi connectivity index (χ2n) is 7.27. The van der Waals surface area contributed by atoms with E-state index in [1.54, 1.807) is 0 Å². The molecule has 0 aliphatic carbocycles. The van der Waals surface area contributed by atoms with E-state index in [2.05, 4.69) is 33.8 Å². The Morgan fingerprint density at radius 3 is 2.62 bits per heavy atom. The van der Waals surface area contributed by atoms with Gasteiger partial charge in [-0.3, -0.25) is 14.8 Å². The maximum Gasteiger partial charge on any atom is 0.0594 e. The molecule has 24 heavy (non-hydrogen) atoms. The maximum atomic E-state index is 9.69. The number of morpholine rings is 1. The zero-order valence-electron chi connectivity index (χ0n) is 14.9. The van der Waals surface area contributed by atoms with Crippen molar-refractivity contribution in [1.82, 2.24) is 14.8 Å². The Morgan fingerprint density at radius 2 is 1.96 bits per heavy atom. The van der Waals surface area contributed by atoms with Gasteiger partial charge in [0.2, 0.25) is 0 Å². The molecule has 2 aliphatic rings. The molecule has 2 fully saturated rings. The zero-order chi connectivity index (χ0) is 16.8. The van der Waals surface area contributed by atoms with E-state index in [4.69, 9.17) is 4.74 Å². The van der Waals surface area contributed by atoms with E-state index in [0.29, 0.717) is 11.8 Å². The van der Waals surface area contributed by atoms with Gasteiger partial charge in [0.05, 0.1) is 18.9 Å². The number of likely N-dealkylation sites (tertiary alicyclic amines) is 1. The summed E-state index contributed by atoms with van der Waals surface area (Å²) in [6, 6.07) is 4.33. The Morgan fingerprint density at radius 1 is 1.17 bits per heavy atom. The molecule has 5 heteroatoms. The van der Waals surface area contributed by atoms with Gasteiger partial charge in [-0.2, -0.15) is 0 Å². The van der Waals surface area contributed by atoms with E-state index in [9.17, 15) is 5.11 Å². The van der Waals surface area contributed by atoms with Gasteiger partial charge < -0.3 is 9.84 Å².